The van der Waals surface area contributed by atoms with Gasteiger partial charge in [-0.05, 0) is 38.0 Å². The SMILES string of the molecule is CCC(C)(NC(=O)NCC1CCC(C)CC1)C(=O)O. The Kier molecular flexibility index (Phi) is 5.63. The molecule has 0 bridgehead atoms. The average Bonchev–Trinajstić information content (AvgIpc) is 2.37. The van der Waals surface area contributed by atoms with E-state index < -0.39 is 11.5 Å². The van der Waals surface area contributed by atoms with Gasteiger partial charge in [0.2, 0.25) is 0 Å². The van der Waals surface area contributed by atoms with Gasteiger partial charge in [0.25, 0.3) is 0 Å². The number of carboxylic acid groups (broad SMARTS) is 1. The zero-order valence-corrected chi connectivity index (χ0v) is 12.2. The van der Waals surface area contributed by atoms with Crippen molar-refractivity contribution < 1.29 is 14.7 Å². The van der Waals surface area contributed by atoms with Crippen molar-refractivity contribution in [2.75, 3.05) is 6.54 Å². The monoisotopic (exact) mass is 270 g/mol. The van der Waals surface area contributed by atoms with Gasteiger partial charge in [0.05, 0.1) is 0 Å². The molecule has 5 nitrogen and oxygen atoms in total. The van der Waals surface area contributed by atoms with E-state index in [2.05, 4.69) is 17.6 Å². The van der Waals surface area contributed by atoms with Crippen molar-refractivity contribution in [3.63, 3.8) is 0 Å². The second-order valence-electron chi connectivity index (χ2n) is 5.95. The molecule has 0 heterocycles. The highest BCUT2D eigenvalue weighted by Gasteiger charge is 2.32. The summed E-state index contributed by atoms with van der Waals surface area (Å²) in [4.78, 5) is 22.8. The zero-order valence-electron chi connectivity index (χ0n) is 12.2. The molecule has 1 aliphatic rings. The first-order valence-corrected chi connectivity index (χ1v) is 7.16. The van der Waals surface area contributed by atoms with Crippen LogP contribution in [-0.4, -0.2) is 29.2 Å². The predicted octanol–water partition coefficient (Wildman–Crippen LogP) is 2.37. The molecule has 5 heteroatoms. The highest BCUT2D eigenvalue weighted by Crippen LogP contribution is 2.27. The topological polar surface area (TPSA) is 78.4 Å². The van der Waals surface area contributed by atoms with Crippen LogP contribution < -0.4 is 10.6 Å². The van der Waals surface area contributed by atoms with E-state index >= 15 is 0 Å². The average molecular weight is 270 g/mol. The first-order chi connectivity index (χ1) is 8.87. The molecule has 2 amide bonds. The van der Waals surface area contributed by atoms with Gasteiger partial charge in [-0.1, -0.05) is 26.7 Å². The minimum Gasteiger partial charge on any atom is -0.480 e. The van der Waals surface area contributed by atoms with Gasteiger partial charge < -0.3 is 15.7 Å². The van der Waals surface area contributed by atoms with Crippen LogP contribution in [0.25, 0.3) is 0 Å². The molecule has 1 fully saturated rings. The van der Waals surface area contributed by atoms with Crippen LogP contribution >= 0.6 is 0 Å². The maximum Gasteiger partial charge on any atom is 0.329 e. The van der Waals surface area contributed by atoms with Crippen LogP contribution in [0, 0.1) is 11.8 Å². The van der Waals surface area contributed by atoms with E-state index in [-0.39, 0.29) is 6.03 Å². The second-order valence-corrected chi connectivity index (χ2v) is 5.95. The number of nitrogens with one attached hydrogen (secondary N) is 2. The summed E-state index contributed by atoms with van der Waals surface area (Å²) in [6.45, 7) is 6.17. The summed E-state index contributed by atoms with van der Waals surface area (Å²) in [5, 5.41) is 14.4. The van der Waals surface area contributed by atoms with Crippen molar-refractivity contribution in [3.05, 3.63) is 0 Å². The van der Waals surface area contributed by atoms with Gasteiger partial charge in [0.15, 0.2) is 0 Å². The summed E-state index contributed by atoms with van der Waals surface area (Å²) in [5.41, 5.74) is -1.19. The summed E-state index contributed by atoms with van der Waals surface area (Å²) in [5.74, 6) is 0.316. The van der Waals surface area contributed by atoms with Crippen LogP contribution in [0.3, 0.4) is 0 Å². The summed E-state index contributed by atoms with van der Waals surface area (Å²) < 4.78 is 0. The van der Waals surface area contributed by atoms with Crippen molar-refractivity contribution in [2.45, 2.75) is 58.4 Å². The van der Waals surface area contributed by atoms with Crippen LogP contribution in [0.2, 0.25) is 0 Å². The maximum absolute atomic E-state index is 11.7. The lowest BCUT2D eigenvalue weighted by molar-refractivity contribution is -0.143. The minimum absolute atomic E-state index is 0.358. The number of hydrogen-bond donors (Lipinski definition) is 3. The number of carbonyl (C=O) groups is 2. The smallest absolute Gasteiger partial charge is 0.329 e. The van der Waals surface area contributed by atoms with Gasteiger partial charge in [-0.15, -0.1) is 0 Å². The third-order valence-corrected chi connectivity index (χ3v) is 4.26. The highest BCUT2D eigenvalue weighted by molar-refractivity contribution is 5.85. The Morgan fingerprint density at radius 3 is 2.32 bits per heavy atom. The van der Waals surface area contributed by atoms with Gasteiger partial charge in [-0.3, -0.25) is 0 Å². The van der Waals surface area contributed by atoms with Gasteiger partial charge in [0.1, 0.15) is 5.54 Å². The molecule has 0 spiro atoms. The molecule has 1 rings (SSSR count). The molecule has 1 atom stereocenters. The van der Waals surface area contributed by atoms with Crippen LogP contribution in [-0.2, 0) is 4.79 Å². The second kappa shape index (κ2) is 6.78. The maximum atomic E-state index is 11.7. The number of aliphatic carboxylic acids is 1. The molecule has 1 aliphatic carbocycles. The molecule has 0 radical (unpaired) electrons. The Hall–Kier alpha value is -1.26. The summed E-state index contributed by atoms with van der Waals surface area (Å²) in [7, 11) is 0. The van der Waals surface area contributed by atoms with Gasteiger partial charge in [-0.25, -0.2) is 9.59 Å². The Balaban J connectivity index is 2.33. The third kappa shape index (κ3) is 4.73. The highest BCUT2D eigenvalue weighted by atomic mass is 16.4. The standard InChI is InChI=1S/C14H26N2O3/c1-4-14(3,12(17)18)16-13(19)15-9-11-7-5-10(2)6-8-11/h10-11H,4-9H2,1-3H3,(H,17,18)(H2,15,16,19). The van der Waals surface area contributed by atoms with Crippen LogP contribution in [0.15, 0.2) is 0 Å². The van der Waals surface area contributed by atoms with Crippen molar-refractivity contribution in [1.29, 1.82) is 0 Å². The van der Waals surface area contributed by atoms with E-state index in [1.807, 2.05) is 0 Å². The Bertz CT molecular complexity index is 325. The van der Waals surface area contributed by atoms with Crippen molar-refractivity contribution in [2.24, 2.45) is 11.8 Å². The summed E-state index contributed by atoms with van der Waals surface area (Å²) in [6, 6.07) is -0.384. The van der Waals surface area contributed by atoms with Gasteiger partial charge in [0, 0.05) is 6.54 Å². The minimum atomic E-state index is -1.19. The molecule has 0 saturated heterocycles. The van der Waals surface area contributed by atoms with Crippen LogP contribution in [0.4, 0.5) is 4.79 Å². The summed E-state index contributed by atoms with van der Waals surface area (Å²) in [6.07, 6.45) is 5.08. The van der Waals surface area contributed by atoms with Crippen molar-refractivity contribution in [1.82, 2.24) is 10.6 Å². The number of hydrogen-bond acceptors (Lipinski definition) is 2. The van der Waals surface area contributed by atoms with E-state index in [1.165, 1.54) is 19.8 Å². The zero-order chi connectivity index (χ0) is 14.5. The number of amides is 2. The lowest BCUT2D eigenvalue weighted by atomic mass is 9.83. The Morgan fingerprint density at radius 1 is 1.26 bits per heavy atom. The van der Waals surface area contributed by atoms with Crippen molar-refractivity contribution in [3.8, 4) is 0 Å². The number of rotatable bonds is 5. The number of carbonyl (C=O) groups excluding carboxylic acids is 1. The molecule has 3 N–H and O–H groups in total. The normalized spacial score (nSPS) is 26.3. The molecular weight excluding hydrogens is 244 g/mol. The molecule has 19 heavy (non-hydrogen) atoms. The fraction of sp³-hybridized carbons (Fsp3) is 0.857. The lowest BCUT2D eigenvalue weighted by Crippen LogP contribution is -2.55. The van der Waals surface area contributed by atoms with Crippen LogP contribution in [0.1, 0.15) is 52.9 Å². The molecule has 0 aromatic heterocycles. The van der Waals surface area contributed by atoms with Gasteiger partial charge in [-0.2, -0.15) is 0 Å². The summed E-state index contributed by atoms with van der Waals surface area (Å²) >= 11 is 0. The molecule has 1 unspecified atom stereocenters. The van der Waals surface area contributed by atoms with E-state index in [9.17, 15) is 9.59 Å². The van der Waals surface area contributed by atoms with E-state index in [0.717, 1.165) is 18.8 Å². The quantitative estimate of drug-likeness (QED) is 0.717. The molecular formula is C14H26N2O3. The first kappa shape index (κ1) is 15.8. The number of urea groups is 1. The fourth-order valence-corrected chi connectivity index (χ4v) is 2.36. The molecule has 0 aromatic rings. The molecule has 1 saturated carbocycles. The van der Waals surface area contributed by atoms with E-state index in [1.54, 1.807) is 6.92 Å². The molecule has 110 valence electrons. The fourth-order valence-electron chi connectivity index (χ4n) is 2.36. The largest absolute Gasteiger partial charge is 0.480 e. The Labute approximate surface area is 115 Å². The Morgan fingerprint density at radius 2 is 1.84 bits per heavy atom. The molecule has 0 aromatic carbocycles. The number of carboxylic acids is 1. The van der Waals surface area contributed by atoms with Crippen molar-refractivity contribution >= 4 is 12.0 Å². The lowest BCUT2D eigenvalue weighted by Gasteiger charge is -2.28. The van der Waals surface area contributed by atoms with Gasteiger partial charge >= 0.3 is 12.0 Å². The van der Waals surface area contributed by atoms with E-state index in [4.69, 9.17) is 5.11 Å². The van der Waals surface area contributed by atoms with E-state index in [0.29, 0.717) is 18.9 Å². The molecule has 0 aliphatic heterocycles. The predicted molar refractivity (Wildman–Crippen MR) is 74.0 cm³/mol. The third-order valence-electron chi connectivity index (χ3n) is 4.26. The van der Waals surface area contributed by atoms with Crippen LogP contribution in [0.5, 0.6) is 0 Å². The first-order valence-electron chi connectivity index (χ1n) is 7.16.